The van der Waals surface area contributed by atoms with Crippen LogP contribution in [-0.2, 0) is 6.54 Å². The van der Waals surface area contributed by atoms with E-state index in [1.165, 1.54) is 12.8 Å². The number of piperazine rings is 1. The largest absolute Gasteiger partial charge is 0.497 e. The molecule has 2 aromatic rings. The third-order valence-corrected chi connectivity index (χ3v) is 5.24. The molecule has 3 rings (SSSR count). The van der Waals surface area contributed by atoms with Crippen LogP contribution in [-0.4, -0.2) is 59.3 Å². The normalized spacial score (nSPS) is 17.0. The lowest BCUT2D eigenvalue weighted by molar-refractivity contribution is 0.0870. The maximum absolute atomic E-state index is 5.46. The highest BCUT2D eigenvalue weighted by Gasteiger charge is 2.22. The summed E-state index contributed by atoms with van der Waals surface area (Å²) in [6.07, 6.45) is 5.58. The highest BCUT2D eigenvalue weighted by Crippen LogP contribution is 2.20. The molecule has 2 heterocycles. The van der Waals surface area contributed by atoms with Crippen molar-refractivity contribution in [2.75, 3.05) is 33.3 Å². The molecule has 6 nitrogen and oxygen atoms in total. The van der Waals surface area contributed by atoms with Crippen molar-refractivity contribution in [3.8, 4) is 17.1 Å². The van der Waals surface area contributed by atoms with Crippen molar-refractivity contribution in [3.63, 3.8) is 0 Å². The maximum Gasteiger partial charge on any atom is 0.241 e. The van der Waals surface area contributed by atoms with Gasteiger partial charge in [-0.15, -0.1) is 6.58 Å². The standard InChI is InChI=1S/C21H30N4O2/c1-4-5-6-7-17(2)25-14-12-24(13-15-25)16-20-22-21(23-27-20)18-8-10-19(26-3)11-9-18/h4,8-11,17H,1,5-7,12-16H2,2-3H3/t17-/m1/s1. The Morgan fingerprint density at radius 1 is 1.22 bits per heavy atom. The lowest BCUT2D eigenvalue weighted by Crippen LogP contribution is -2.49. The van der Waals surface area contributed by atoms with Crippen LogP contribution in [0.2, 0.25) is 0 Å². The van der Waals surface area contributed by atoms with Crippen molar-refractivity contribution in [2.24, 2.45) is 0 Å². The van der Waals surface area contributed by atoms with E-state index in [0.29, 0.717) is 24.3 Å². The summed E-state index contributed by atoms with van der Waals surface area (Å²) < 4.78 is 10.6. The minimum absolute atomic E-state index is 0.627. The summed E-state index contributed by atoms with van der Waals surface area (Å²) in [5.74, 6) is 2.12. The fourth-order valence-electron chi connectivity index (χ4n) is 3.47. The second kappa shape index (κ2) is 9.67. The molecule has 0 saturated carbocycles. The second-order valence-electron chi connectivity index (χ2n) is 7.12. The number of unbranched alkanes of at least 4 members (excludes halogenated alkanes) is 1. The van der Waals surface area contributed by atoms with E-state index in [0.717, 1.165) is 43.9 Å². The van der Waals surface area contributed by atoms with E-state index in [1.54, 1.807) is 7.11 Å². The fourth-order valence-corrected chi connectivity index (χ4v) is 3.47. The number of benzene rings is 1. The second-order valence-corrected chi connectivity index (χ2v) is 7.12. The number of hydrogen-bond donors (Lipinski definition) is 0. The van der Waals surface area contributed by atoms with Gasteiger partial charge < -0.3 is 9.26 Å². The highest BCUT2D eigenvalue weighted by molar-refractivity contribution is 5.55. The highest BCUT2D eigenvalue weighted by atomic mass is 16.5. The van der Waals surface area contributed by atoms with Crippen LogP contribution < -0.4 is 4.74 Å². The van der Waals surface area contributed by atoms with Gasteiger partial charge >= 0.3 is 0 Å². The molecule has 1 aromatic heterocycles. The average Bonchev–Trinajstić information content (AvgIpc) is 3.17. The van der Waals surface area contributed by atoms with E-state index in [2.05, 4.69) is 33.4 Å². The molecular formula is C21H30N4O2. The zero-order chi connectivity index (χ0) is 19.1. The minimum atomic E-state index is 0.627. The van der Waals surface area contributed by atoms with Crippen molar-refractivity contribution in [1.29, 1.82) is 0 Å². The first-order valence-electron chi connectivity index (χ1n) is 9.74. The molecule has 0 N–H and O–H groups in total. The third-order valence-electron chi connectivity index (χ3n) is 5.24. The number of allylic oxidation sites excluding steroid dienone is 1. The van der Waals surface area contributed by atoms with Crippen LogP contribution in [0.1, 0.15) is 32.1 Å². The van der Waals surface area contributed by atoms with Gasteiger partial charge in [0.1, 0.15) is 5.75 Å². The molecule has 1 aliphatic heterocycles. The van der Waals surface area contributed by atoms with Crippen molar-refractivity contribution >= 4 is 0 Å². The molecule has 146 valence electrons. The van der Waals surface area contributed by atoms with E-state index in [1.807, 2.05) is 30.3 Å². The summed E-state index contributed by atoms with van der Waals surface area (Å²) in [4.78, 5) is 9.52. The Hall–Kier alpha value is -2.18. The molecule has 1 aromatic carbocycles. The predicted molar refractivity (Wildman–Crippen MR) is 107 cm³/mol. The van der Waals surface area contributed by atoms with Crippen LogP contribution >= 0.6 is 0 Å². The summed E-state index contributed by atoms with van der Waals surface area (Å²) in [7, 11) is 1.66. The van der Waals surface area contributed by atoms with Gasteiger partial charge in [0.15, 0.2) is 0 Å². The molecule has 0 radical (unpaired) electrons. The lowest BCUT2D eigenvalue weighted by Gasteiger charge is -2.37. The third kappa shape index (κ3) is 5.40. The first-order valence-corrected chi connectivity index (χ1v) is 9.74. The van der Waals surface area contributed by atoms with Crippen LogP contribution in [0.4, 0.5) is 0 Å². The molecule has 6 heteroatoms. The summed E-state index contributed by atoms with van der Waals surface area (Å²) in [5.41, 5.74) is 0.934. The number of hydrogen-bond acceptors (Lipinski definition) is 6. The van der Waals surface area contributed by atoms with Crippen LogP contribution in [0.5, 0.6) is 5.75 Å². The first kappa shape index (κ1) is 19.6. The Bertz CT molecular complexity index is 705. The van der Waals surface area contributed by atoms with Gasteiger partial charge in [0, 0.05) is 37.8 Å². The van der Waals surface area contributed by atoms with E-state index in [-0.39, 0.29) is 0 Å². The Kier molecular flexibility index (Phi) is 7.01. The number of aromatic nitrogens is 2. The van der Waals surface area contributed by atoms with Gasteiger partial charge in [-0.2, -0.15) is 4.98 Å². The predicted octanol–water partition coefficient (Wildman–Crippen LogP) is 3.61. The first-order chi connectivity index (χ1) is 13.2. The maximum atomic E-state index is 5.46. The molecule has 27 heavy (non-hydrogen) atoms. The molecule has 1 atom stereocenters. The number of ether oxygens (including phenoxy) is 1. The van der Waals surface area contributed by atoms with Crippen LogP contribution in [0.25, 0.3) is 11.4 Å². The topological polar surface area (TPSA) is 54.6 Å². The quantitative estimate of drug-likeness (QED) is 0.496. The molecule has 0 aliphatic carbocycles. The van der Waals surface area contributed by atoms with E-state index in [4.69, 9.17) is 9.26 Å². The van der Waals surface area contributed by atoms with Gasteiger partial charge in [-0.25, -0.2) is 0 Å². The van der Waals surface area contributed by atoms with Crippen molar-refractivity contribution < 1.29 is 9.26 Å². The Balaban J connectivity index is 1.48. The van der Waals surface area contributed by atoms with Gasteiger partial charge in [0.05, 0.1) is 13.7 Å². The van der Waals surface area contributed by atoms with E-state index in [9.17, 15) is 0 Å². The van der Waals surface area contributed by atoms with Crippen LogP contribution in [0.3, 0.4) is 0 Å². The molecule has 1 fully saturated rings. The average molecular weight is 370 g/mol. The molecule has 1 saturated heterocycles. The van der Waals surface area contributed by atoms with Crippen molar-refractivity contribution in [1.82, 2.24) is 19.9 Å². The van der Waals surface area contributed by atoms with Gasteiger partial charge in [-0.3, -0.25) is 9.80 Å². The molecular weight excluding hydrogens is 340 g/mol. The van der Waals surface area contributed by atoms with Crippen molar-refractivity contribution in [2.45, 2.75) is 38.8 Å². The van der Waals surface area contributed by atoms with Crippen LogP contribution in [0, 0.1) is 0 Å². The van der Waals surface area contributed by atoms with E-state index >= 15 is 0 Å². The number of methoxy groups -OCH3 is 1. The monoisotopic (exact) mass is 370 g/mol. The molecule has 0 spiro atoms. The summed E-state index contributed by atoms with van der Waals surface area (Å²) in [6, 6.07) is 8.33. The van der Waals surface area contributed by atoms with Gasteiger partial charge in [-0.05, 0) is 50.5 Å². The van der Waals surface area contributed by atoms with Crippen molar-refractivity contribution in [3.05, 3.63) is 42.8 Å². The SMILES string of the molecule is C=CCCC[C@@H](C)N1CCN(Cc2nc(-c3ccc(OC)cc3)no2)CC1. The number of nitrogens with zero attached hydrogens (tertiary/aromatic N) is 4. The molecule has 0 amide bonds. The van der Waals surface area contributed by atoms with Gasteiger partial charge in [0.25, 0.3) is 0 Å². The van der Waals surface area contributed by atoms with Crippen LogP contribution in [0.15, 0.2) is 41.4 Å². The Morgan fingerprint density at radius 3 is 2.63 bits per heavy atom. The molecule has 0 bridgehead atoms. The van der Waals surface area contributed by atoms with Gasteiger partial charge in [0.2, 0.25) is 11.7 Å². The molecule has 1 aliphatic rings. The van der Waals surface area contributed by atoms with Gasteiger partial charge in [-0.1, -0.05) is 11.2 Å². The summed E-state index contributed by atoms with van der Waals surface area (Å²) in [6.45, 7) is 11.1. The Labute approximate surface area is 161 Å². The number of rotatable bonds is 9. The smallest absolute Gasteiger partial charge is 0.241 e. The molecule has 0 unspecified atom stereocenters. The Morgan fingerprint density at radius 2 is 1.96 bits per heavy atom. The summed E-state index contributed by atoms with van der Waals surface area (Å²) in [5, 5.41) is 4.12. The summed E-state index contributed by atoms with van der Waals surface area (Å²) >= 11 is 0. The minimum Gasteiger partial charge on any atom is -0.497 e. The zero-order valence-corrected chi connectivity index (χ0v) is 16.4. The lowest BCUT2D eigenvalue weighted by atomic mass is 10.1. The van der Waals surface area contributed by atoms with E-state index < -0.39 is 0 Å². The fraction of sp³-hybridized carbons (Fsp3) is 0.524. The zero-order valence-electron chi connectivity index (χ0n) is 16.4.